The number of ether oxygens (including phenoxy) is 1. The van der Waals surface area contributed by atoms with Gasteiger partial charge in [-0.3, -0.25) is 0 Å². The molecule has 0 saturated heterocycles. The van der Waals surface area contributed by atoms with Crippen molar-refractivity contribution in [1.29, 1.82) is 0 Å². The van der Waals surface area contributed by atoms with Gasteiger partial charge in [-0.1, -0.05) is 18.2 Å². The molecule has 0 N–H and O–H groups in total. The summed E-state index contributed by atoms with van der Waals surface area (Å²) in [6, 6.07) is 10.7. The lowest BCUT2D eigenvalue weighted by atomic mass is 9.97. The van der Waals surface area contributed by atoms with Gasteiger partial charge in [0.1, 0.15) is 17.7 Å². The van der Waals surface area contributed by atoms with Crippen molar-refractivity contribution in [3.63, 3.8) is 0 Å². The zero-order valence-electron chi connectivity index (χ0n) is 11.5. The van der Waals surface area contributed by atoms with Crippen molar-refractivity contribution < 1.29 is 9.13 Å². The molecule has 0 amide bonds. The molecule has 0 aliphatic carbocycles. The van der Waals surface area contributed by atoms with Crippen molar-refractivity contribution in [3.05, 3.63) is 64.5 Å². The molecule has 20 heavy (non-hydrogen) atoms. The van der Waals surface area contributed by atoms with Crippen LogP contribution in [0.15, 0.2) is 36.4 Å². The van der Waals surface area contributed by atoms with Gasteiger partial charge in [0.2, 0.25) is 0 Å². The van der Waals surface area contributed by atoms with E-state index in [-0.39, 0.29) is 17.3 Å². The number of aryl methyl sites for hydroxylation is 1. The Kier molecular flexibility index (Phi) is 3.43. The summed E-state index contributed by atoms with van der Waals surface area (Å²) in [6.45, 7) is 4.00. The minimum absolute atomic E-state index is 0.213. The first kappa shape index (κ1) is 13.4. The summed E-state index contributed by atoms with van der Waals surface area (Å²) < 4.78 is 19.1. The van der Waals surface area contributed by atoms with Crippen LogP contribution < -0.4 is 4.74 Å². The van der Waals surface area contributed by atoms with Gasteiger partial charge in [0.25, 0.3) is 0 Å². The predicted molar refractivity (Wildman–Crippen MR) is 79.1 cm³/mol. The second-order valence-corrected chi connectivity index (χ2v) is 5.80. The molecular weight excluding hydrogens is 275 g/mol. The molecule has 2 aromatic carbocycles. The van der Waals surface area contributed by atoms with E-state index in [1.54, 1.807) is 6.07 Å². The summed E-state index contributed by atoms with van der Waals surface area (Å²) in [5.41, 5.74) is 3.97. The normalized spacial score (nSPS) is 18.5. The van der Waals surface area contributed by atoms with Crippen LogP contribution in [0.4, 0.5) is 4.39 Å². The lowest BCUT2D eigenvalue weighted by Crippen LogP contribution is -2.05. The van der Waals surface area contributed by atoms with E-state index in [9.17, 15) is 4.39 Å². The Morgan fingerprint density at radius 3 is 2.85 bits per heavy atom. The average Bonchev–Trinajstić information content (AvgIpc) is 2.79. The van der Waals surface area contributed by atoms with E-state index in [4.69, 9.17) is 16.3 Å². The number of benzene rings is 2. The zero-order chi connectivity index (χ0) is 14.3. The summed E-state index contributed by atoms with van der Waals surface area (Å²) in [7, 11) is 0. The monoisotopic (exact) mass is 290 g/mol. The molecule has 2 unspecified atom stereocenters. The highest BCUT2D eigenvalue weighted by Crippen LogP contribution is 2.36. The molecule has 0 aromatic heterocycles. The topological polar surface area (TPSA) is 9.23 Å². The summed E-state index contributed by atoms with van der Waals surface area (Å²) in [5.74, 6) is 0.676. The smallest absolute Gasteiger partial charge is 0.123 e. The molecule has 2 atom stereocenters. The quantitative estimate of drug-likeness (QED) is 0.723. The van der Waals surface area contributed by atoms with Crippen molar-refractivity contribution >= 4 is 11.6 Å². The Bertz CT molecular complexity index is 653. The minimum atomic E-state index is -0.341. The predicted octanol–water partition coefficient (Wildman–Crippen LogP) is 4.79. The molecule has 0 radical (unpaired) electrons. The van der Waals surface area contributed by atoms with Crippen LogP contribution in [-0.4, -0.2) is 6.10 Å². The maximum Gasteiger partial charge on any atom is 0.123 e. The number of rotatable bonds is 2. The average molecular weight is 291 g/mol. The van der Waals surface area contributed by atoms with Gasteiger partial charge >= 0.3 is 0 Å². The first-order valence-corrected chi connectivity index (χ1v) is 7.18. The zero-order valence-corrected chi connectivity index (χ0v) is 12.2. The second kappa shape index (κ2) is 5.10. The summed E-state index contributed by atoms with van der Waals surface area (Å²) in [5, 5.41) is -0.341. The number of hydrogen-bond acceptors (Lipinski definition) is 1. The van der Waals surface area contributed by atoms with Crippen LogP contribution in [0.1, 0.15) is 34.6 Å². The van der Waals surface area contributed by atoms with Gasteiger partial charge in [-0.15, -0.1) is 11.6 Å². The van der Waals surface area contributed by atoms with E-state index in [2.05, 4.69) is 13.0 Å². The fourth-order valence-corrected chi connectivity index (χ4v) is 3.03. The molecule has 1 aliphatic heterocycles. The minimum Gasteiger partial charge on any atom is -0.490 e. The van der Waals surface area contributed by atoms with Crippen LogP contribution in [0, 0.1) is 12.7 Å². The van der Waals surface area contributed by atoms with Gasteiger partial charge in [-0.25, -0.2) is 4.39 Å². The van der Waals surface area contributed by atoms with E-state index in [1.165, 1.54) is 17.7 Å². The first-order valence-electron chi connectivity index (χ1n) is 6.74. The summed E-state index contributed by atoms with van der Waals surface area (Å²) in [6.07, 6.45) is 1.11. The van der Waals surface area contributed by atoms with E-state index in [0.717, 1.165) is 28.9 Å². The van der Waals surface area contributed by atoms with Crippen molar-refractivity contribution in [1.82, 2.24) is 0 Å². The molecule has 3 rings (SSSR count). The Labute approximate surface area is 123 Å². The maximum atomic E-state index is 13.4. The first-order chi connectivity index (χ1) is 9.54. The van der Waals surface area contributed by atoms with Crippen molar-refractivity contribution in [3.8, 4) is 5.75 Å². The Balaban J connectivity index is 1.97. The lowest BCUT2D eigenvalue weighted by molar-refractivity contribution is 0.254. The Morgan fingerprint density at radius 1 is 1.25 bits per heavy atom. The standard InChI is InChI=1S/C17H16ClFO/c1-10-3-5-14(19)9-15(10)17(18)12-4-6-16-13(8-12)7-11(2)20-16/h3-6,8-9,11,17H,7H2,1-2H3. The number of hydrogen-bond donors (Lipinski definition) is 0. The highest BCUT2D eigenvalue weighted by molar-refractivity contribution is 6.22. The maximum absolute atomic E-state index is 13.4. The fraction of sp³-hybridized carbons (Fsp3) is 0.294. The van der Waals surface area contributed by atoms with Gasteiger partial charge < -0.3 is 4.74 Å². The largest absolute Gasteiger partial charge is 0.490 e. The highest BCUT2D eigenvalue weighted by atomic mass is 35.5. The molecule has 2 aromatic rings. The summed E-state index contributed by atoms with van der Waals surface area (Å²) in [4.78, 5) is 0. The van der Waals surface area contributed by atoms with Crippen LogP contribution >= 0.6 is 11.6 Å². The van der Waals surface area contributed by atoms with E-state index in [1.807, 2.05) is 19.1 Å². The SMILES string of the molecule is Cc1ccc(F)cc1C(Cl)c1ccc2c(c1)CC(C)O2. The Morgan fingerprint density at radius 2 is 2.05 bits per heavy atom. The van der Waals surface area contributed by atoms with E-state index < -0.39 is 0 Å². The van der Waals surface area contributed by atoms with Crippen LogP contribution in [0.3, 0.4) is 0 Å². The molecule has 1 nitrogen and oxygen atoms in total. The fourth-order valence-electron chi connectivity index (χ4n) is 2.66. The van der Waals surface area contributed by atoms with Gasteiger partial charge in [-0.2, -0.15) is 0 Å². The van der Waals surface area contributed by atoms with Crippen LogP contribution in [0.25, 0.3) is 0 Å². The second-order valence-electron chi connectivity index (χ2n) is 5.36. The summed E-state index contributed by atoms with van der Waals surface area (Å²) >= 11 is 6.54. The molecule has 3 heteroatoms. The van der Waals surface area contributed by atoms with Gasteiger partial charge in [0.05, 0.1) is 5.38 Å². The van der Waals surface area contributed by atoms with Gasteiger partial charge in [-0.05, 0) is 54.3 Å². The van der Waals surface area contributed by atoms with E-state index in [0.29, 0.717) is 0 Å². The van der Waals surface area contributed by atoms with Crippen LogP contribution in [0.5, 0.6) is 5.75 Å². The number of fused-ring (bicyclic) bond motifs is 1. The van der Waals surface area contributed by atoms with Crippen molar-refractivity contribution in [2.45, 2.75) is 31.7 Å². The van der Waals surface area contributed by atoms with Crippen LogP contribution in [-0.2, 0) is 6.42 Å². The molecule has 1 aliphatic rings. The highest BCUT2D eigenvalue weighted by Gasteiger charge is 2.21. The molecular formula is C17H16ClFO. The third-order valence-electron chi connectivity index (χ3n) is 3.73. The van der Waals surface area contributed by atoms with Gasteiger partial charge in [0.15, 0.2) is 0 Å². The Hall–Kier alpha value is -1.54. The number of alkyl halides is 1. The van der Waals surface area contributed by atoms with E-state index >= 15 is 0 Å². The van der Waals surface area contributed by atoms with Crippen LogP contribution in [0.2, 0.25) is 0 Å². The third-order valence-corrected chi connectivity index (χ3v) is 4.21. The number of halogens is 2. The van der Waals surface area contributed by atoms with Crippen molar-refractivity contribution in [2.75, 3.05) is 0 Å². The van der Waals surface area contributed by atoms with Gasteiger partial charge in [0, 0.05) is 6.42 Å². The molecule has 0 bridgehead atoms. The molecule has 0 saturated carbocycles. The molecule has 104 valence electrons. The molecule has 0 fully saturated rings. The molecule has 1 heterocycles. The third kappa shape index (κ3) is 2.40. The lowest BCUT2D eigenvalue weighted by Gasteiger charge is -2.14. The molecule has 0 spiro atoms. The van der Waals surface area contributed by atoms with Crippen molar-refractivity contribution in [2.24, 2.45) is 0 Å².